The molecule has 1 heterocycles. The molecule has 4 nitrogen and oxygen atoms in total. The van der Waals surface area contributed by atoms with Gasteiger partial charge in [0.15, 0.2) is 0 Å². The van der Waals surface area contributed by atoms with Gasteiger partial charge in [-0.15, -0.1) is 0 Å². The summed E-state index contributed by atoms with van der Waals surface area (Å²) in [5, 5.41) is 3.20. The summed E-state index contributed by atoms with van der Waals surface area (Å²) in [6, 6.07) is 14.7. The summed E-state index contributed by atoms with van der Waals surface area (Å²) in [5.74, 6) is 0. The molecule has 1 aliphatic heterocycles. The van der Waals surface area contributed by atoms with E-state index in [1.165, 1.54) is 0 Å². The number of fused-ring (bicyclic) bond motifs is 1. The maximum absolute atomic E-state index is 12.2. The van der Waals surface area contributed by atoms with Gasteiger partial charge in [0.05, 0.1) is 5.69 Å². The lowest BCUT2D eigenvalue weighted by molar-refractivity contribution is 0.562. The number of sulfonamides is 1. The summed E-state index contributed by atoms with van der Waals surface area (Å²) in [7, 11) is -3.46. The van der Waals surface area contributed by atoms with E-state index in [9.17, 15) is 8.42 Å². The molecular formula is C14H14N2O2S. The molecule has 0 aromatic heterocycles. The summed E-state index contributed by atoms with van der Waals surface area (Å²) in [6.45, 7) is 2.00. The Morgan fingerprint density at radius 1 is 1.00 bits per heavy atom. The number of anilines is 1. The second-order valence-corrected chi connectivity index (χ2v) is 6.29. The van der Waals surface area contributed by atoms with Crippen LogP contribution in [0.4, 0.5) is 5.69 Å². The van der Waals surface area contributed by atoms with Gasteiger partial charge in [-0.2, -0.15) is 4.72 Å². The molecule has 1 atom stereocenters. The third-order valence-electron chi connectivity index (χ3n) is 3.16. The fourth-order valence-electron chi connectivity index (χ4n) is 2.13. The average molecular weight is 274 g/mol. The third-order valence-corrected chi connectivity index (χ3v) is 4.64. The van der Waals surface area contributed by atoms with Gasteiger partial charge in [-0.05, 0) is 24.6 Å². The molecule has 0 spiro atoms. The first-order valence-corrected chi connectivity index (χ1v) is 7.49. The first kappa shape index (κ1) is 12.2. The molecule has 98 valence electrons. The van der Waals surface area contributed by atoms with Gasteiger partial charge in [0.25, 0.3) is 0 Å². The first-order valence-electron chi connectivity index (χ1n) is 6.01. The molecule has 2 aromatic carbocycles. The van der Waals surface area contributed by atoms with Gasteiger partial charge in [-0.3, -0.25) is 0 Å². The van der Waals surface area contributed by atoms with Crippen LogP contribution in [0, 0.1) is 6.92 Å². The summed E-state index contributed by atoms with van der Waals surface area (Å²) in [4.78, 5) is 0.290. The minimum atomic E-state index is -3.46. The van der Waals surface area contributed by atoms with E-state index in [1.807, 2.05) is 37.3 Å². The van der Waals surface area contributed by atoms with E-state index in [0.717, 1.165) is 11.1 Å². The van der Waals surface area contributed by atoms with Gasteiger partial charge in [-0.25, -0.2) is 8.42 Å². The van der Waals surface area contributed by atoms with Crippen molar-refractivity contribution >= 4 is 15.7 Å². The maximum atomic E-state index is 12.2. The van der Waals surface area contributed by atoms with Crippen molar-refractivity contribution in [3.63, 3.8) is 0 Å². The zero-order chi connectivity index (χ0) is 13.5. The second-order valence-electron chi connectivity index (χ2n) is 4.61. The van der Waals surface area contributed by atoms with E-state index in [1.54, 1.807) is 18.2 Å². The van der Waals surface area contributed by atoms with Crippen LogP contribution in [0.5, 0.6) is 0 Å². The van der Waals surface area contributed by atoms with Crippen LogP contribution in [0.15, 0.2) is 53.4 Å². The van der Waals surface area contributed by atoms with Crippen LogP contribution in [0.2, 0.25) is 0 Å². The van der Waals surface area contributed by atoms with Crippen LogP contribution in [0.3, 0.4) is 0 Å². The lowest BCUT2D eigenvalue weighted by atomic mass is 10.1. The Balaban J connectivity index is 2.03. The SMILES string of the molecule is Cc1ccc([C@@H]2Nc3ccccc3S(=O)(=O)N2)cc1. The van der Waals surface area contributed by atoms with Crippen molar-refractivity contribution in [2.75, 3.05) is 5.32 Å². The van der Waals surface area contributed by atoms with Crippen LogP contribution < -0.4 is 10.0 Å². The summed E-state index contributed by atoms with van der Waals surface area (Å²) in [6.07, 6.45) is -0.430. The van der Waals surface area contributed by atoms with Crippen molar-refractivity contribution in [3.8, 4) is 0 Å². The number of aryl methyl sites for hydroxylation is 1. The maximum Gasteiger partial charge on any atom is 0.244 e. The van der Waals surface area contributed by atoms with E-state index in [0.29, 0.717) is 10.6 Å². The molecule has 3 rings (SSSR count). The van der Waals surface area contributed by atoms with E-state index < -0.39 is 16.2 Å². The van der Waals surface area contributed by atoms with Crippen LogP contribution in [-0.2, 0) is 10.0 Å². The molecule has 0 saturated carbocycles. The van der Waals surface area contributed by atoms with Gasteiger partial charge in [-0.1, -0.05) is 42.0 Å². The number of hydrogen-bond acceptors (Lipinski definition) is 3. The fraction of sp³-hybridized carbons (Fsp3) is 0.143. The lowest BCUT2D eigenvalue weighted by Gasteiger charge is -2.28. The average Bonchev–Trinajstić information content (AvgIpc) is 2.39. The zero-order valence-electron chi connectivity index (χ0n) is 10.4. The Hall–Kier alpha value is -1.85. The Morgan fingerprint density at radius 2 is 1.68 bits per heavy atom. The van der Waals surface area contributed by atoms with Crippen molar-refractivity contribution in [3.05, 3.63) is 59.7 Å². The molecule has 0 fully saturated rings. The number of nitrogens with one attached hydrogen (secondary N) is 2. The van der Waals surface area contributed by atoms with Crippen LogP contribution in [-0.4, -0.2) is 8.42 Å². The smallest absolute Gasteiger partial charge is 0.244 e. The predicted octanol–water partition coefficient (Wildman–Crippen LogP) is 2.40. The zero-order valence-corrected chi connectivity index (χ0v) is 11.2. The molecule has 2 aromatic rings. The number of para-hydroxylation sites is 1. The summed E-state index contributed by atoms with van der Waals surface area (Å²) < 4.78 is 27.0. The topological polar surface area (TPSA) is 58.2 Å². The number of benzene rings is 2. The molecule has 0 amide bonds. The van der Waals surface area contributed by atoms with Gasteiger partial charge in [0.2, 0.25) is 10.0 Å². The molecule has 0 bridgehead atoms. The molecule has 0 radical (unpaired) electrons. The first-order chi connectivity index (χ1) is 9.06. The lowest BCUT2D eigenvalue weighted by Crippen LogP contribution is -2.38. The Labute approximate surface area is 112 Å². The van der Waals surface area contributed by atoms with Gasteiger partial charge in [0, 0.05) is 0 Å². The van der Waals surface area contributed by atoms with Crippen molar-refractivity contribution in [1.29, 1.82) is 0 Å². The minimum absolute atomic E-state index is 0.290. The summed E-state index contributed by atoms with van der Waals surface area (Å²) >= 11 is 0. The van der Waals surface area contributed by atoms with Gasteiger partial charge in [0.1, 0.15) is 11.1 Å². The monoisotopic (exact) mass is 274 g/mol. The highest BCUT2D eigenvalue weighted by Gasteiger charge is 2.29. The normalized spacial score (nSPS) is 20.4. The standard InChI is InChI=1S/C14H14N2O2S/c1-10-6-8-11(9-7-10)14-15-12-4-2-3-5-13(12)19(17,18)16-14/h2-9,14-16H,1H3/t14-/m1/s1. The van der Waals surface area contributed by atoms with Crippen molar-refractivity contribution in [2.45, 2.75) is 18.0 Å². The Kier molecular flexibility index (Phi) is 2.80. The Bertz CT molecular complexity index is 708. The summed E-state index contributed by atoms with van der Waals surface area (Å²) in [5.41, 5.74) is 2.67. The molecule has 2 N–H and O–H groups in total. The van der Waals surface area contributed by atoms with Crippen LogP contribution in [0.1, 0.15) is 17.3 Å². The van der Waals surface area contributed by atoms with E-state index in [2.05, 4.69) is 10.0 Å². The number of hydrogen-bond donors (Lipinski definition) is 2. The Morgan fingerprint density at radius 3 is 2.42 bits per heavy atom. The fourth-order valence-corrected chi connectivity index (χ4v) is 3.44. The number of rotatable bonds is 1. The van der Waals surface area contributed by atoms with Crippen molar-refractivity contribution in [1.82, 2.24) is 4.72 Å². The quantitative estimate of drug-likeness (QED) is 0.839. The largest absolute Gasteiger partial charge is 0.364 e. The molecule has 5 heteroatoms. The molecular weight excluding hydrogens is 260 g/mol. The van der Waals surface area contributed by atoms with Crippen LogP contribution >= 0.6 is 0 Å². The molecule has 0 saturated heterocycles. The van der Waals surface area contributed by atoms with E-state index in [-0.39, 0.29) is 0 Å². The molecule has 0 unspecified atom stereocenters. The van der Waals surface area contributed by atoms with E-state index in [4.69, 9.17) is 0 Å². The molecule has 0 aliphatic carbocycles. The van der Waals surface area contributed by atoms with E-state index >= 15 is 0 Å². The predicted molar refractivity (Wildman–Crippen MR) is 74.3 cm³/mol. The molecule has 19 heavy (non-hydrogen) atoms. The van der Waals surface area contributed by atoms with Gasteiger partial charge < -0.3 is 5.32 Å². The third kappa shape index (κ3) is 2.22. The van der Waals surface area contributed by atoms with Crippen molar-refractivity contribution < 1.29 is 8.42 Å². The highest BCUT2D eigenvalue weighted by molar-refractivity contribution is 7.89. The second kappa shape index (κ2) is 4.36. The highest BCUT2D eigenvalue weighted by atomic mass is 32.2. The van der Waals surface area contributed by atoms with Crippen molar-refractivity contribution in [2.24, 2.45) is 0 Å². The minimum Gasteiger partial charge on any atom is -0.364 e. The van der Waals surface area contributed by atoms with Crippen LogP contribution in [0.25, 0.3) is 0 Å². The highest BCUT2D eigenvalue weighted by Crippen LogP contribution is 2.30. The van der Waals surface area contributed by atoms with Gasteiger partial charge >= 0.3 is 0 Å². The molecule has 1 aliphatic rings.